The lowest BCUT2D eigenvalue weighted by Gasteiger charge is -2.30. The number of halogens is 1. The van der Waals surface area contributed by atoms with E-state index in [9.17, 15) is 24.0 Å². The zero-order valence-corrected chi connectivity index (χ0v) is 25.4. The van der Waals surface area contributed by atoms with Crippen molar-refractivity contribution in [1.82, 2.24) is 26.6 Å². The maximum Gasteiger partial charge on any atom is 0.255 e. The van der Waals surface area contributed by atoms with Gasteiger partial charge in [-0.05, 0) is 56.2 Å². The average Bonchev–Trinajstić information content (AvgIpc) is 2.95. The van der Waals surface area contributed by atoms with Crippen LogP contribution in [0.15, 0.2) is 48.5 Å². The van der Waals surface area contributed by atoms with Gasteiger partial charge in [0.1, 0.15) is 42.3 Å². The Morgan fingerprint density at radius 3 is 2.47 bits per heavy atom. The first-order valence-corrected chi connectivity index (χ1v) is 14.3. The van der Waals surface area contributed by atoms with Gasteiger partial charge in [0.15, 0.2) is 0 Å². The third kappa shape index (κ3) is 9.88. The summed E-state index contributed by atoms with van der Waals surface area (Å²) in [4.78, 5) is 65.6. The van der Waals surface area contributed by atoms with E-state index in [0.717, 1.165) is 0 Å². The molecule has 0 saturated carbocycles. The fourth-order valence-electron chi connectivity index (χ4n) is 4.17. The average molecular weight is 616 g/mol. The van der Waals surface area contributed by atoms with E-state index >= 15 is 0 Å². The Hall–Kier alpha value is -4.32. The summed E-state index contributed by atoms with van der Waals surface area (Å²) in [5.41, 5.74) is -1.30. The number of hydrogen-bond donors (Lipinski definition) is 5. The van der Waals surface area contributed by atoms with E-state index in [4.69, 9.17) is 21.1 Å². The summed E-state index contributed by atoms with van der Waals surface area (Å²) in [6, 6.07) is 11.0. The van der Waals surface area contributed by atoms with Gasteiger partial charge in [0.05, 0.1) is 25.1 Å². The maximum atomic E-state index is 13.3. The van der Waals surface area contributed by atoms with Gasteiger partial charge >= 0.3 is 0 Å². The van der Waals surface area contributed by atoms with Crippen LogP contribution in [-0.4, -0.2) is 73.5 Å². The van der Waals surface area contributed by atoms with E-state index in [0.29, 0.717) is 10.8 Å². The first kappa shape index (κ1) is 33.2. The third-order valence-electron chi connectivity index (χ3n) is 6.54. The summed E-state index contributed by atoms with van der Waals surface area (Å²) < 4.78 is 11.4. The molecule has 232 valence electrons. The molecule has 0 aromatic heterocycles. The molecule has 3 rings (SSSR count). The first-order chi connectivity index (χ1) is 20.4. The molecule has 1 heterocycles. The molecule has 12 nitrogen and oxygen atoms in total. The SMILES string of the molecule is CC(C)[C@H]1NC(=O)C(C)(C)NC(=O)C[C@@H](C(=O)NCCOc2ccc(Cl)cc2)NC(=O)c2ccccc2OCCNC1=O. The van der Waals surface area contributed by atoms with E-state index in [1.807, 2.05) is 0 Å². The van der Waals surface area contributed by atoms with Crippen LogP contribution >= 0.6 is 11.6 Å². The smallest absolute Gasteiger partial charge is 0.255 e. The maximum absolute atomic E-state index is 13.3. The molecule has 0 saturated heterocycles. The minimum atomic E-state index is -1.44. The molecule has 5 N–H and O–H groups in total. The van der Waals surface area contributed by atoms with Crippen LogP contribution in [0, 0.1) is 5.92 Å². The molecular weight excluding hydrogens is 578 g/mol. The molecule has 0 radical (unpaired) electrons. The third-order valence-corrected chi connectivity index (χ3v) is 6.79. The number of carbonyl (C=O) groups is 5. The summed E-state index contributed by atoms with van der Waals surface area (Å²) in [6.07, 6.45) is -0.469. The van der Waals surface area contributed by atoms with Crippen LogP contribution in [0.3, 0.4) is 0 Å². The van der Waals surface area contributed by atoms with Crippen LogP contribution in [0.5, 0.6) is 11.5 Å². The highest BCUT2D eigenvalue weighted by molar-refractivity contribution is 6.30. The molecule has 0 aliphatic carbocycles. The van der Waals surface area contributed by atoms with Gasteiger partial charge in [-0.1, -0.05) is 37.6 Å². The van der Waals surface area contributed by atoms with Crippen molar-refractivity contribution in [2.75, 3.05) is 26.3 Å². The van der Waals surface area contributed by atoms with E-state index in [1.54, 1.807) is 56.3 Å². The minimum Gasteiger partial charge on any atom is -0.492 e. The molecule has 2 aromatic carbocycles. The molecule has 1 aliphatic rings. The predicted molar refractivity (Wildman–Crippen MR) is 160 cm³/mol. The monoisotopic (exact) mass is 615 g/mol. The van der Waals surface area contributed by atoms with Gasteiger partial charge in [0, 0.05) is 5.02 Å². The molecule has 2 atom stereocenters. The second-order valence-corrected chi connectivity index (χ2v) is 11.3. The number of hydrogen-bond acceptors (Lipinski definition) is 7. The van der Waals surface area contributed by atoms with E-state index < -0.39 is 53.6 Å². The second-order valence-electron chi connectivity index (χ2n) is 10.8. The lowest BCUT2D eigenvalue weighted by atomic mass is 9.99. The van der Waals surface area contributed by atoms with E-state index in [-0.39, 0.29) is 43.5 Å². The summed E-state index contributed by atoms with van der Waals surface area (Å²) in [6.45, 7) is 6.88. The number of benzene rings is 2. The molecular formula is C30H38ClN5O7. The van der Waals surface area contributed by atoms with Crippen molar-refractivity contribution in [3.8, 4) is 11.5 Å². The Kier molecular flexibility index (Phi) is 11.8. The second kappa shape index (κ2) is 15.2. The van der Waals surface area contributed by atoms with Crippen molar-refractivity contribution in [1.29, 1.82) is 0 Å². The Morgan fingerprint density at radius 2 is 1.77 bits per heavy atom. The van der Waals surface area contributed by atoms with E-state index in [2.05, 4.69) is 26.6 Å². The Balaban J connectivity index is 1.80. The van der Waals surface area contributed by atoms with Crippen molar-refractivity contribution < 1.29 is 33.4 Å². The van der Waals surface area contributed by atoms with E-state index in [1.165, 1.54) is 19.9 Å². The largest absolute Gasteiger partial charge is 0.492 e. The van der Waals surface area contributed by atoms with Crippen molar-refractivity contribution in [2.45, 2.75) is 51.7 Å². The summed E-state index contributed by atoms with van der Waals surface area (Å²) in [7, 11) is 0. The highest BCUT2D eigenvalue weighted by atomic mass is 35.5. The van der Waals surface area contributed by atoms with Crippen LogP contribution in [0.1, 0.15) is 44.5 Å². The van der Waals surface area contributed by atoms with Gasteiger partial charge in [0.2, 0.25) is 23.6 Å². The molecule has 5 amide bonds. The van der Waals surface area contributed by atoms with Crippen LogP contribution in [0.25, 0.3) is 0 Å². The van der Waals surface area contributed by atoms with Crippen molar-refractivity contribution in [3.05, 3.63) is 59.1 Å². The summed E-state index contributed by atoms with van der Waals surface area (Å²) in [5.74, 6) is -2.42. The normalized spacial score (nSPS) is 19.9. The van der Waals surface area contributed by atoms with Crippen molar-refractivity contribution in [3.63, 3.8) is 0 Å². The fraction of sp³-hybridized carbons (Fsp3) is 0.433. The number of ether oxygens (including phenoxy) is 2. The fourth-order valence-corrected chi connectivity index (χ4v) is 4.29. The van der Waals surface area contributed by atoms with Gasteiger partial charge in [-0.3, -0.25) is 24.0 Å². The minimum absolute atomic E-state index is 0.0395. The number of nitrogens with one attached hydrogen (secondary N) is 5. The zero-order valence-electron chi connectivity index (χ0n) is 24.6. The molecule has 1 aliphatic heterocycles. The summed E-state index contributed by atoms with van der Waals surface area (Å²) in [5, 5.41) is 13.9. The van der Waals surface area contributed by atoms with Crippen LogP contribution < -0.4 is 36.1 Å². The molecule has 0 spiro atoms. The van der Waals surface area contributed by atoms with Gasteiger partial charge in [0.25, 0.3) is 5.91 Å². The lowest BCUT2D eigenvalue weighted by Crippen LogP contribution is -2.60. The number of para-hydroxylation sites is 1. The number of fused-ring (bicyclic) bond motifs is 1. The van der Waals surface area contributed by atoms with Crippen molar-refractivity contribution >= 4 is 41.1 Å². The van der Waals surface area contributed by atoms with Crippen molar-refractivity contribution in [2.24, 2.45) is 5.92 Å². The molecule has 0 unspecified atom stereocenters. The zero-order chi connectivity index (χ0) is 31.6. The molecule has 13 heteroatoms. The summed E-state index contributed by atoms with van der Waals surface area (Å²) >= 11 is 5.89. The predicted octanol–water partition coefficient (Wildman–Crippen LogP) is 1.57. The first-order valence-electron chi connectivity index (χ1n) is 14.0. The lowest BCUT2D eigenvalue weighted by molar-refractivity contribution is -0.136. The van der Waals surface area contributed by atoms with Gasteiger partial charge in [-0.2, -0.15) is 0 Å². The van der Waals surface area contributed by atoms with Gasteiger partial charge in [-0.25, -0.2) is 0 Å². The van der Waals surface area contributed by atoms with Crippen LogP contribution in [0.2, 0.25) is 5.02 Å². The quantitative estimate of drug-likeness (QED) is 0.308. The highest BCUT2D eigenvalue weighted by Gasteiger charge is 2.35. The topological polar surface area (TPSA) is 164 Å². The standard InChI is InChI=1S/C30H38ClN5O7/c1-18(2)25-28(40)33-14-16-43-23-8-6-5-7-21(23)26(38)34-22(17-24(37)36-30(3,4)29(41)35-25)27(39)32-13-15-42-20-11-9-19(31)10-12-20/h5-12,18,22,25H,13-17H2,1-4H3,(H,32,39)(H,33,40)(H,34,38)(H,35,41)(H,36,37)/t22-,25+/m0/s1. The Morgan fingerprint density at radius 1 is 1.07 bits per heavy atom. The van der Waals surface area contributed by atoms with Crippen LogP contribution in [0.4, 0.5) is 0 Å². The van der Waals surface area contributed by atoms with Crippen LogP contribution in [-0.2, 0) is 19.2 Å². The number of amides is 5. The number of carbonyl (C=O) groups excluding carboxylic acids is 5. The Bertz CT molecular complexity index is 1320. The highest BCUT2D eigenvalue weighted by Crippen LogP contribution is 2.19. The molecule has 0 fully saturated rings. The molecule has 0 bridgehead atoms. The molecule has 2 aromatic rings. The molecule has 43 heavy (non-hydrogen) atoms. The number of rotatable bonds is 6. The van der Waals surface area contributed by atoms with Gasteiger partial charge < -0.3 is 36.1 Å². The Labute approximate surface area is 255 Å². The van der Waals surface area contributed by atoms with Gasteiger partial charge in [-0.15, -0.1) is 0 Å².